The number of aromatic nitrogens is 3. The Bertz CT molecular complexity index is 1070. The predicted octanol–water partition coefficient (Wildman–Crippen LogP) is 5.28. The van der Waals surface area contributed by atoms with Crippen molar-refractivity contribution in [3.05, 3.63) is 48.3 Å². The maximum absolute atomic E-state index is 6.05. The predicted molar refractivity (Wildman–Crippen MR) is 127 cm³/mol. The third-order valence-corrected chi connectivity index (χ3v) is 7.58. The van der Waals surface area contributed by atoms with E-state index in [2.05, 4.69) is 65.7 Å². The number of thioether (sulfide) groups is 1. The topological polar surface area (TPSA) is 43.2 Å². The standard InChI is InChI=1S/C25H30N4OS/c1-17(2)28-10-7-19(8-11-28)31-20-4-5-24-21(15-20)25-27-23(16-29(25)12-13-30-24)22-14-18(3)6-9-26-22/h4-6,9,14-17,19H,7-8,10-13H2,1-3H3. The molecule has 4 heterocycles. The molecule has 31 heavy (non-hydrogen) atoms. The van der Waals surface area contributed by atoms with Crippen LogP contribution in [0.1, 0.15) is 32.3 Å². The molecule has 0 amide bonds. The number of rotatable bonds is 4. The van der Waals surface area contributed by atoms with Crippen LogP contribution in [0.15, 0.2) is 47.6 Å². The van der Waals surface area contributed by atoms with Crippen molar-refractivity contribution >= 4 is 11.8 Å². The lowest BCUT2D eigenvalue weighted by atomic mass is 10.1. The molecule has 162 valence electrons. The number of hydrogen-bond donors (Lipinski definition) is 0. The summed E-state index contributed by atoms with van der Waals surface area (Å²) in [5.74, 6) is 1.90. The molecule has 2 aliphatic heterocycles. The van der Waals surface area contributed by atoms with Gasteiger partial charge in [-0.25, -0.2) is 4.98 Å². The van der Waals surface area contributed by atoms with E-state index >= 15 is 0 Å². The van der Waals surface area contributed by atoms with Gasteiger partial charge in [-0.05, 0) is 82.6 Å². The summed E-state index contributed by atoms with van der Waals surface area (Å²) < 4.78 is 8.26. The fraction of sp³-hybridized carbons (Fsp3) is 0.440. The number of imidazole rings is 1. The van der Waals surface area contributed by atoms with Gasteiger partial charge in [0.15, 0.2) is 0 Å². The van der Waals surface area contributed by atoms with Crippen molar-refractivity contribution in [3.63, 3.8) is 0 Å². The molecular weight excluding hydrogens is 404 g/mol. The smallest absolute Gasteiger partial charge is 0.144 e. The van der Waals surface area contributed by atoms with E-state index in [4.69, 9.17) is 9.72 Å². The van der Waals surface area contributed by atoms with Gasteiger partial charge in [0.05, 0.1) is 17.8 Å². The molecule has 0 spiro atoms. The summed E-state index contributed by atoms with van der Waals surface area (Å²) in [4.78, 5) is 13.4. The van der Waals surface area contributed by atoms with Gasteiger partial charge >= 0.3 is 0 Å². The van der Waals surface area contributed by atoms with Crippen LogP contribution in [0.3, 0.4) is 0 Å². The molecule has 5 nitrogen and oxygen atoms in total. The SMILES string of the molecule is Cc1ccnc(-c2cn3c(n2)-c2cc(SC4CCN(C(C)C)CC4)ccc2OCC3)c1. The number of likely N-dealkylation sites (tertiary alicyclic amines) is 1. The number of nitrogens with zero attached hydrogens (tertiary/aromatic N) is 4. The molecule has 5 rings (SSSR count). The molecule has 0 aliphatic carbocycles. The Hall–Kier alpha value is -2.31. The van der Waals surface area contributed by atoms with Crippen LogP contribution in [0.2, 0.25) is 0 Å². The molecule has 1 aromatic carbocycles. The highest BCUT2D eigenvalue weighted by molar-refractivity contribution is 8.00. The Balaban J connectivity index is 1.41. The fourth-order valence-corrected chi connectivity index (χ4v) is 5.60. The molecule has 2 aromatic heterocycles. The van der Waals surface area contributed by atoms with Crippen LogP contribution in [0.5, 0.6) is 5.75 Å². The third-order valence-electron chi connectivity index (χ3n) is 6.25. The zero-order valence-corrected chi connectivity index (χ0v) is 19.4. The first-order chi connectivity index (χ1) is 15.1. The summed E-state index contributed by atoms with van der Waals surface area (Å²) in [6, 6.07) is 11.4. The van der Waals surface area contributed by atoms with Gasteiger partial charge < -0.3 is 14.2 Å². The molecule has 6 heteroatoms. The summed E-state index contributed by atoms with van der Waals surface area (Å²) in [6.45, 7) is 10.5. The molecule has 0 N–H and O–H groups in total. The largest absolute Gasteiger partial charge is 0.491 e. The van der Waals surface area contributed by atoms with Crippen LogP contribution < -0.4 is 4.74 Å². The van der Waals surface area contributed by atoms with Crippen molar-refractivity contribution in [1.29, 1.82) is 0 Å². The number of benzene rings is 1. The Morgan fingerprint density at radius 3 is 2.68 bits per heavy atom. The summed E-state index contributed by atoms with van der Waals surface area (Å²) >= 11 is 2.01. The van der Waals surface area contributed by atoms with Gasteiger partial charge in [-0.15, -0.1) is 11.8 Å². The summed E-state index contributed by atoms with van der Waals surface area (Å²) in [5.41, 5.74) is 4.12. The van der Waals surface area contributed by atoms with Crippen LogP contribution in [0, 0.1) is 6.92 Å². The highest BCUT2D eigenvalue weighted by Crippen LogP contribution is 2.39. The Morgan fingerprint density at radius 2 is 1.90 bits per heavy atom. The minimum atomic E-state index is 0.645. The number of hydrogen-bond acceptors (Lipinski definition) is 5. The highest BCUT2D eigenvalue weighted by Gasteiger charge is 2.24. The van der Waals surface area contributed by atoms with Gasteiger partial charge in [-0.3, -0.25) is 4.98 Å². The van der Waals surface area contributed by atoms with Gasteiger partial charge in [0.25, 0.3) is 0 Å². The molecule has 0 unspecified atom stereocenters. The highest BCUT2D eigenvalue weighted by atomic mass is 32.2. The van der Waals surface area contributed by atoms with E-state index in [1.165, 1.54) is 36.4 Å². The average Bonchev–Trinajstić information content (AvgIpc) is 3.12. The molecule has 0 atom stereocenters. The zero-order valence-electron chi connectivity index (χ0n) is 18.5. The van der Waals surface area contributed by atoms with E-state index in [0.29, 0.717) is 17.9 Å². The van der Waals surface area contributed by atoms with Crippen molar-refractivity contribution in [2.24, 2.45) is 0 Å². The lowest BCUT2D eigenvalue weighted by Crippen LogP contribution is -2.39. The molecule has 0 radical (unpaired) electrons. The Morgan fingerprint density at radius 1 is 1.06 bits per heavy atom. The van der Waals surface area contributed by atoms with Crippen LogP contribution in [-0.4, -0.2) is 50.4 Å². The second-order valence-corrected chi connectivity index (χ2v) is 10.2. The normalized spacial score (nSPS) is 17.2. The maximum Gasteiger partial charge on any atom is 0.144 e. The molecule has 1 fully saturated rings. The van der Waals surface area contributed by atoms with E-state index in [0.717, 1.165) is 35.1 Å². The van der Waals surface area contributed by atoms with Gasteiger partial charge in [0, 0.05) is 28.6 Å². The van der Waals surface area contributed by atoms with Gasteiger partial charge in [0.2, 0.25) is 0 Å². The second kappa shape index (κ2) is 8.67. The summed E-state index contributed by atoms with van der Waals surface area (Å²) in [5, 5.41) is 0.673. The number of pyridine rings is 1. The van der Waals surface area contributed by atoms with E-state index < -0.39 is 0 Å². The average molecular weight is 435 g/mol. The number of aryl methyl sites for hydroxylation is 1. The van der Waals surface area contributed by atoms with E-state index in [1.807, 2.05) is 24.0 Å². The third kappa shape index (κ3) is 4.37. The summed E-state index contributed by atoms with van der Waals surface area (Å²) in [7, 11) is 0. The molecule has 2 aliphatic rings. The molecule has 0 saturated carbocycles. The number of ether oxygens (including phenoxy) is 1. The molecule has 1 saturated heterocycles. The maximum atomic E-state index is 6.05. The minimum Gasteiger partial charge on any atom is -0.491 e. The zero-order chi connectivity index (χ0) is 21.4. The second-order valence-electron chi connectivity index (χ2n) is 8.81. The monoisotopic (exact) mass is 434 g/mol. The van der Waals surface area contributed by atoms with Gasteiger partial charge in [-0.2, -0.15) is 0 Å². The van der Waals surface area contributed by atoms with Crippen LogP contribution in [0.4, 0.5) is 0 Å². The Kier molecular flexibility index (Phi) is 5.76. The Labute approximate surface area is 188 Å². The van der Waals surface area contributed by atoms with E-state index in [-0.39, 0.29) is 0 Å². The molecule has 0 bridgehead atoms. The number of fused-ring (bicyclic) bond motifs is 3. The minimum absolute atomic E-state index is 0.645. The first-order valence-corrected chi connectivity index (χ1v) is 12.1. The quantitative estimate of drug-likeness (QED) is 0.559. The van der Waals surface area contributed by atoms with Crippen molar-refractivity contribution in [1.82, 2.24) is 19.4 Å². The lowest BCUT2D eigenvalue weighted by Gasteiger charge is -2.34. The van der Waals surface area contributed by atoms with Gasteiger partial charge in [0.1, 0.15) is 23.9 Å². The van der Waals surface area contributed by atoms with Crippen LogP contribution in [-0.2, 0) is 6.54 Å². The van der Waals surface area contributed by atoms with Crippen molar-refractivity contribution < 1.29 is 4.74 Å². The van der Waals surface area contributed by atoms with Crippen molar-refractivity contribution in [3.8, 4) is 28.5 Å². The lowest BCUT2D eigenvalue weighted by molar-refractivity contribution is 0.188. The first-order valence-electron chi connectivity index (χ1n) is 11.2. The van der Waals surface area contributed by atoms with Crippen molar-refractivity contribution in [2.45, 2.75) is 56.3 Å². The van der Waals surface area contributed by atoms with Crippen LogP contribution in [0.25, 0.3) is 22.8 Å². The summed E-state index contributed by atoms with van der Waals surface area (Å²) in [6.07, 6.45) is 6.45. The van der Waals surface area contributed by atoms with Gasteiger partial charge in [-0.1, -0.05) is 0 Å². The molecular formula is C25H30N4OS. The van der Waals surface area contributed by atoms with E-state index in [9.17, 15) is 0 Å². The number of piperidine rings is 1. The van der Waals surface area contributed by atoms with Crippen molar-refractivity contribution in [2.75, 3.05) is 19.7 Å². The molecule has 3 aromatic rings. The van der Waals surface area contributed by atoms with Crippen LogP contribution >= 0.6 is 11.8 Å². The first kappa shape index (κ1) is 20.6. The fourth-order valence-electron chi connectivity index (χ4n) is 4.44. The van der Waals surface area contributed by atoms with E-state index in [1.54, 1.807) is 0 Å².